The topological polar surface area (TPSA) is 12.0 Å². The highest BCUT2D eigenvalue weighted by molar-refractivity contribution is 5.22. The van der Waals surface area contributed by atoms with Crippen LogP contribution in [0.5, 0.6) is 0 Å². The van der Waals surface area contributed by atoms with E-state index in [9.17, 15) is 0 Å². The van der Waals surface area contributed by atoms with Gasteiger partial charge in [-0.1, -0.05) is 26.8 Å². The van der Waals surface area contributed by atoms with E-state index in [2.05, 4.69) is 38.2 Å². The van der Waals surface area contributed by atoms with Gasteiger partial charge >= 0.3 is 0 Å². The maximum absolute atomic E-state index is 3.19. The van der Waals surface area contributed by atoms with Crippen molar-refractivity contribution in [3.63, 3.8) is 0 Å². The zero-order valence-corrected chi connectivity index (χ0v) is 6.94. The molecule has 0 spiro atoms. The Morgan fingerprint density at radius 3 is 2.40 bits per heavy atom. The highest BCUT2D eigenvalue weighted by atomic mass is 14.8. The average Bonchev–Trinajstić information content (AvgIpc) is 1.88. The fourth-order valence-electron chi connectivity index (χ4n) is 0.975. The normalized spacial score (nSPS) is 18.1. The summed E-state index contributed by atoms with van der Waals surface area (Å²) in [6, 6.07) is 0. The molecule has 0 saturated carbocycles. The SMILES string of the molecule is CC(C)(C)C1=CC=CNC1. The summed E-state index contributed by atoms with van der Waals surface area (Å²) < 4.78 is 0. The standard InChI is InChI=1S/C9H15N/c1-9(2,3)8-5-4-6-10-7-8/h4-6,10H,7H2,1-3H3. The summed E-state index contributed by atoms with van der Waals surface area (Å²) in [6.45, 7) is 7.71. The van der Waals surface area contributed by atoms with Gasteiger partial charge in [-0.2, -0.15) is 0 Å². The second-order valence-electron chi connectivity index (χ2n) is 3.68. The van der Waals surface area contributed by atoms with Gasteiger partial charge in [0.15, 0.2) is 0 Å². The fourth-order valence-corrected chi connectivity index (χ4v) is 0.975. The molecule has 0 bridgehead atoms. The molecule has 1 aliphatic rings. The van der Waals surface area contributed by atoms with E-state index >= 15 is 0 Å². The maximum atomic E-state index is 3.19. The van der Waals surface area contributed by atoms with Crippen LogP contribution in [0.4, 0.5) is 0 Å². The van der Waals surface area contributed by atoms with Crippen LogP contribution < -0.4 is 5.32 Å². The smallest absolute Gasteiger partial charge is 0.0362 e. The van der Waals surface area contributed by atoms with E-state index in [1.807, 2.05) is 6.20 Å². The monoisotopic (exact) mass is 137 g/mol. The van der Waals surface area contributed by atoms with Gasteiger partial charge < -0.3 is 5.32 Å². The molecule has 0 radical (unpaired) electrons. The van der Waals surface area contributed by atoms with Gasteiger partial charge in [0.2, 0.25) is 0 Å². The Balaban J connectivity index is 2.72. The van der Waals surface area contributed by atoms with Crippen molar-refractivity contribution in [2.45, 2.75) is 20.8 Å². The van der Waals surface area contributed by atoms with Gasteiger partial charge in [0.1, 0.15) is 0 Å². The van der Waals surface area contributed by atoms with Gasteiger partial charge in [0.25, 0.3) is 0 Å². The third kappa shape index (κ3) is 1.63. The molecule has 0 fully saturated rings. The Labute approximate surface area is 62.8 Å². The van der Waals surface area contributed by atoms with E-state index in [1.54, 1.807) is 0 Å². The minimum atomic E-state index is 0.317. The predicted octanol–water partition coefficient (Wildman–Crippen LogP) is 2.08. The molecule has 1 rings (SSSR count). The largest absolute Gasteiger partial charge is 0.387 e. The van der Waals surface area contributed by atoms with Crippen LogP contribution in [0, 0.1) is 5.41 Å². The highest BCUT2D eigenvalue weighted by Gasteiger charge is 2.16. The van der Waals surface area contributed by atoms with Crippen molar-refractivity contribution in [3.8, 4) is 0 Å². The van der Waals surface area contributed by atoms with Crippen LogP contribution in [-0.2, 0) is 0 Å². The van der Waals surface area contributed by atoms with Crippen LogP contribution >= 0.6 is 0 Å². The summed E-state index contributed by atoms with van der Waals surface area (Å²) >= 11 is 0. The Morgan fingerprint density at radius 1 is 1.40 bits per heavy atom. The third-order valence-corrected chi connectivity index (χ3v) is 1.77. The summed E-state index contributed by atoms with van der Waals surface area (Å²) in [5, 5.41) is 3.19. The van der Waals surface area contributed by atoms with Crippen molar-refractivity contribution in [1.29, 1.82) is 0 Å². The molecule has 0 saturated heterocycles. The van der Waals surface area contributed by atoms with Crippen molar-refractivity contribution in [2.75, 3.05) is 6.54 Å². The number of dihydropyridines is 1. The first-order chi connectivity index (χ1) is 4.61. The Bertz CT molecular complexity index is 170. The fraction of sp³-hybridized carbons (Fsp3) is 0.556. The lowest BCUT2D eigenvalue weighted by Gasteiger charge is -2.24. The Morgan fingerprint density at radius 2 is 2.10 bits per heavy atom. The summed E-state index contributed by atoms with van der Waals surface area (Å²) in [4.78, 5) is 0. The number of hydrogen-bond acceptors (Lipinski definition) is 1. The molecule has 1 N–H and O–H groups in total. The Kier molecular flexibility index (Phi) is 1.84. The number of hydrogen-bond donors (Lipinski definition) is 1. The van der Waals surface area contributed by atoms with E-state index in [1.165, 1.54) is 5.57 Å². The first-order valence-electron chi connectivity index (χ1n) is 3.70. The molecule has 1 heteroatoms. The van der Waals surface area contributed by atoms with E-state index in [0.29, 0.717) is 5.41 Å². The van der Waals surface area contributed by atoms with Crippen LogP contribution in [0.1, 0.15) is 20.8 Å². The molecule has 0 aromatic carbocycles. The highest BCUT2D eigenvalue weighted by Crippen LogP contribution is 2.25. The number of nitrogens with one attached hydrogen (secondary N) is 1. The number of allylic oxidation sites excluding steroid dienone is 2. The zero-order chi connectivity index (χ0) is 7.61. The van der Waals surface area contributed by atoms with Crippen LogP contribution in [0.25, 0.3) is 0 Å². The Hall–Kier alpha value is -0.720. The van der Waals surface area contributed by atoms with Crippen molar-refractivity contribution in [2.24, 2.45) is 5.41 Å². The molecule has 1 nitrogen and oxygen atoms in total. The summed E-state index contributed by atoms with van der Waals surface area (Å²) in [6.07, 6.45) is 6.23. The molecule has 0 unspecified atom stereocenters. The van der Waals surface area contributed by atoms with Crippen molar-refractivity contribution < 1.29 is 0 Å². The van der Waals surface area contributed by atoms with Crippen LogP contribution in [-0.4, -0.2) is 6.54 Å². The number of rotatable bonds is 0. The van der Waals surface area contributed by atoms with Gasteiger partial charge in [0.05, 0.1) is 0 Å². The molecule has 10 heavy (non-hydrogen) atoms. The van der Waals surface area contributed by atoms with Gasteiger partial charge in [-0.3, -0.25) is 0 Å². The minimum absolute atomic E-state index is 0.317. The first-order valence-corrected chi connectivity index (χ1v) is 3.70. The molecule has 56 valence electrons. The van der Waals surface area contributed by atoms with E-state index < -0.39 is 0 Å². The molecule has 0 amide bonds. The molecule has 0 aliphatic carbocycles. The molecule has 1 heterocycles. The lowest BCUT2D eigenvalue weighted by atomic mass is 9.85. The third-order valence-electron chi connectivity index (χ3n) is 1.77. The van der Waals surface area contributed by atoms with Gasteiger partial charge in [0, 0.05) is 6.54 Å². The van der Waals surface area contributed by atoms with Crippen LogP contribution in [0.15, 0.2) is 23.9 Å². The molecular formula is C9H15N. The van der Waals surface area contributed by atoms with Gasteiger partial charge in [-0.25, -0.2) is 0 Å². The summed E-state index contributed by atoms with van der Waals surface area (Å²) in [5.74, 6) is 0. The molecule has 0 aromatic heterocycles. The van der Waals surface area contributed by atoms with E-state index in [-0.39, 0.29) is 0 Å². The molecule has 1 aliphatic heterocycles. The second kappa shape index (κ2) is 2.49. The molecule has 0 aromatic rings. The summed E-state index contributed by atoms with van der Waals surface area (Å²) in [7, 11) is 0. The first kappa shape index (κ1) is 7.39. The van der Waals surface area contributed by atoms with Crippen LogP contribution in [0.2, 0.25) is 0 Å². The van der Waals surface area contributed by atoms with Gasteiger partial charge in [-0.15, -0.1) is 0 Å². The predicted molar refractivity (Wildman–Crippen MR) is 44.7 cm³/mol. The lowest BCUT2D eigenvalue weighted by Crippen LogP contribution is -2.22. The average molecular weight is 137 g/mol. The van der Waals surface area contributed by atoms with E-state index in [4.69, 9.17) is 0 Å². The zero-order valence-electron chi connectivity index (χ0n) is 6.94. The molecule has 0 atom stereocenters. The quantitative estimate of drug-likeness (QED) is 0.539. The van der Waals surface area contributed by atoms with Gasteiger partial charge in [-0.05, 0) is 23.3 Å². The lowest BCUT2D eigenvalue weighted by molar-refractivity contribution is 0.486. The van der Waals surface area contributed by atoms with Crippen molar-refractivity contribution in [3.05, 3.63) is 23.9 Å². The van der Waals surface area contributed by atoms with Crippen LogP contribution in [0.3, 0.4) is 0 Å². The van der Waals surface area contributed by atoms with Crippen molar-refractivity contribution >= 4 is 0 Å². The van der Waals surface area contributed by atoms with Crippen molar-refractivity contribution in [1.82, 2.24) is 5.32 Å². The second-order valence-corrected chi connectivity index (χ2v) is 3.68. The van der Waals surface area contributed by atoms with E-state index in [0.717, 1.165) is 6.54 Å². The molecular weight excluding hydrogens is 122 g/mol. The maximum Gasteiger partial charge on any atom is 0.0362 e. The summed E-state index contributed by atoms with van der Waals surface area (Å²) in [5.41, 5.74) is 1.78. The minimum Gasteiger partial charge on any atom is -0.387 e.